The maximum atomic E-state index is 12.6. The van der Waals surface area contributed by atoms with Crippen LogP contribution < -0.4 is 16.0 Å². The van der Waals surface area contributed by atoms with Gasteiger partial charge in [0.2, 0.25) is 0 Å². The van der Waals surface area contributed by atoms with E-state index in [0.717, 1.165) is 37.8 Å². The van der Waals surface area contributed by atoms with E-state index in [1.807, 2.05) is 12.1 Å². The molecule has 2 aromatic heterocycles. The number of aromatic nitrogens is 4. The summed E-state index contributed by atoms with van der Waals surface area (Å²) in [6.07, 6.45) is 8.86. The van der Waals surface area contributed by atoms with Gasteiger partial charge in [-0.1, -0.05) is 6.07 Å². The highest BCUT2D eigenvalue weighted by Gasteiger charge is 2.26. The molecule has 0 saturated heterocycles. The third-order valence-corrected chi connectivity index (χ3v) is 7.82. The Morgan fingerprint density at radius 3 is 2.56 bits per heavy atom. The molecule has 11 heteroatoms. The van der Waals surface area contributed by atoms with Crippen LogP contribution in [0.5, 0.6) is 0 Å². The zero-order valence-electron chi connectivity index (χ0n) is 20.2. The van der Waals surface area contributed by atoms with E-state index >= 15 is 0 Å². The number of amides is 1. The minimum Gasteiger partial charge on any atom is -0.349 e. The van der Waals surface area contributed by atoms with Gasteiger partial charge in [0.1, 0.15) is 11.6 Å². The first kappa shape index (κ1) is 24.4. The van der Waals surface area contributed by atoms with Crippen LogP contribution in [0.15, 0.2) is 47.5 Å². The third kappa shape index (κ3) is 6.27. The molecule has 1 aromatic carbocycles. The molecule has 0 unspecified atom stereocenters. The second-order valence-corrected chi connectivity index (χ2v) is 11.7. The number of hydrogen-bond donors (Lipinski definition) is 4. The van der Waals surface area contributed by atoms with Crippen LogP contribution >= 0.6 is 0 Å². The van der Waals surface area contributed by atoms with Gasteiger partial charge in [-0.25, -0.2) is 18.4 Å². The van der Waals surface area contributed by atoms with Crippen molar-refractivity contribution in [1.29, 1.82) is 0 Å². The van der Waals surface area contributed by atoms with Gasteiger partial charge in [-0.2, -0.15) is 5.10 Å². The first-order valence-electron chi connectivity index (χ1n) is 12.3. The molecule has 10 nitrogen and oxygen atoms in total. The number of hydrogen-bond acceptors (Lipinski definition) is 8. The topological polar surface area (TPSA) is 142 Å². The van der Waals surface area contributed by atoms with E-state index in [0.29, 0.717) is 35.7 Å². The molecule has 5 rings (SSSR count). The van der Waals surface area contributed by atoms with Gasteiger partial charge >= 0.3 is 0 Å². The Morgan fingerprint density at radius 1 is 1.03 bits per heavy atom. The number of benzene rings is 1. The van der Waals surface area contributed by atoms with Gasteiger partial charge in [-0.15, -0.1) is 0 Å². The molecule has 2 saturated carbocycles. The Kier molecular flexibility index (Phi) is 7.01. The van der Waals surface area contributed by atoms with Crippen molar-refractivity contribution in [3.05, 3.63) is 59.7 Å². The monoisotopic (exact) mass is 509 g/mol. The fraction of sp³-hybridized carbons (Fsp3) is 0.440. The van der Waals surface area contributed by atoms with Crippen LogP contribution in [0.4, 0.5) is 11.6 Å². The number of rotatable bonds is 9. The van der Waals surface area contributed by atoms with E-state index in [1.54, 1.807) is 18.3 Å². The van der Waals surface area contributed by atoms with Crippen molar-refractivity contribution in [2.24, 2.45) is 0 Å². The largest absolute Gasteiger partial charge is 0.349 e. The molecule has 0 radical (unpaired) electrons. The number of anilines is 2. The average Bonchev–Trinajstić information content (AvgIpc) is 3.62. The standard InChI is InChI=1S/C25H31N7O3S/c1-36(34,35)20-4-2-3-17(13-20)25(33)28-19-9-7-18(8-10-19)27-15-24-26-12-11-22(30-24)29-23-14-21(31-32-23)16-5-6-16/h2-4,11-14,16,18-19,27H,5-10,15H2,1H3,(H,28,33)(H2,26,29,30,31,32). The fourth-order valence-corrected chi connectivity index (χ4v) is 5.17. The van der Waals surface area contributed by atoms with E-state index in [9.17, 15) is 13.2 Å². The number of nitrogens with zero attached hydrogens (tertiary/aromatic N) is 3. The van der Waals surface area contributed by atoms with E-state index < -0.39 is 9.84 Å². The minimum atomic E-state index is -3.35. The minimum absolute atomic E-state index is 0.0654. The van der Waals surface area contributed by atoms with Gasteiger partial charge in [0.15, 0.2) is 15.7 Å². The van der Waals surface area contributed by atoms with Crippen LogP contribution in [0.25, 0.3) is 0 Å². The molecular formula is C25H31N7O3S. The second kappa shape index (κ2) is 10.4. The fourth-order valence-electron chi connectivity index (χ4n) is 4.50. The molecule has 36 heavy (non-hydrogen) atoms. The van der Waals surface area contributed by atoms with Gasteiger partial charge < -0.3 is 16.0 Å². The lowest BCUT2D eigenvalue weighted by atomic mass is 9.91. The summed E-state index contributed by atoms with van der Waals surface area (Å²) in [6.45, 7) is 0.559. The molecule has 3 aromatic rings. The van der Waals surface area contributed by atoms with Gasteiger partial charge in [-0.05, 0) is 62.8 Å². The predicted octanol–water partition coefficient (Wildman–Crippen LogP) is 3.05. The summed E-state index contributed by atoms with van der Waals surface area (Å²) < 4.78 is 23.5. The zero-order valence-corrected chi connectivity index (χ0v) is 21.0. The SMILES string of the molecule is CS(=O)(=O)c1cccc(C(=O)NC2CCC(NCc3nccc(Nc4cc(C5CC5)[nH]n4)n3)CC2)c1. The number of carbonyl (C=O) groups is 1. The average molecular weight is 510 g/mol. The van der Waals surface area contributed by atoms with Crippen molar-refractivity contribution < 1.29 is 13.2 Å². The van der Waals surface area contributed by atoms with Crippen molar-refractivity contribution in [2.75, 3.05) is 11.6 Å². The smallest absolute Gasteiger partial charge is 0.251 e. The molecule has 4 N–H and O–H groups in total. The van der Waals surface area contributed by atoms with E-state index in [2.05, 4.69) is 36.1 Å². The first-order valence-corrected chi connectivity index (χ1v) is 14.2. The van der Waals surface area contributed by atoms with Crippen LogP contribution in [-0.4, -0.2) is 52.8 Å². The zero-order chi connectivity index (χ0) is 25.1. The molecule has 0 spiro atoms. The number of nitrogens with one attached hydrogen (secondary N) is 4. The Bertz CT molecular complexity index is 1330. The Morgan fingerprint density at radius 2 is 1.81 bits per heavy atom. The Hall–Kier alpha value is -3.31. The summed E-state index contributed by atoms with van der Waals surface area (Å²) in [4.78, 5) is 21.8. The molecule has 2 heterocycles. The molecule has 2 aliphatic carbocycles. The summed E-state index contributed by atoms with van der Waals surface area (Å²) in [5, 5.41) is 17.2. The summed E-state index contributed by atoms with van der Waals surface area (Å²) in [5.41, 5.74) is 1.53. The maximum Gasteiger partial charge on any atom is 0.251 e. The molecule has 2 fully saturated rings. The number of sulfone groups is 1. The number of carbonyl (C=O) groups excluding carboxylic acids is 1. The molecule has 0 atom stereocenters. The number of H-pyrrole nitrogens is 1. The lowest BCUT2D eigenvalue weighted by Crippen LogP contribution is -2.42. The van der Waals surface area contributed by atoms with Crippen molar-refractivity contribution in [3.63, 3.8) is 0 Å². The van der Waals surface area contributed by atoms with Gasteiger partial charge in [-0.3, -0.25) is 9.89 Å². The molecule has 190 valence electrons. The quantitative estimate of drug-likeness (QED) is 0.345. The molecule has 0 aliphatic heterocycles. The summed E-state index contributed by atoms with van der Waals surface area (Å²) >= 11 is 0. The van der Waals surface area contributed by atoms with Gasteiger partial charge in [0, 0.05) is 47.8 Å². The second-order valence-electron chi connectivity index (χ2n) is 9.67. The van der Waals surface area contributed by atoms with Crippen molar-refractivity contribution in [1.82, 2.24) is 30.8 Å². The molecule has 2 aliphatic rings. The van der Waals surface area contributed by atoms with Crippen LogP contribution in [0.2, 0.25) is 0 Å². The highest BCUT2D eigenvalue weighted by molar-refractivity contribution is 7.90. The molecule has 1 amide bonds. The summed E-state index contributed by atoms with van der Waals surface area (Å²) in [5.74, 6) is 2.56. The van der Waals surface area contributed by atoms with Crippen molar-refractivity contribution in [3.8, 4) is 0 Å². The Balaban J connectivity index is 1.08. The first-order chi connectivity index (χ1) is 17.3. The summed E-state index contributed by atoms with van der Waals surface area (Å²) in [7, 11) is -3.35. The highest BCUT2D eigenvalue weighted by Crippen LogP contribution is 2.39. The van der Waals surface area contributed by atoms with Crippen LogP contribution in [0.1, 0.15) is 66.3 Å². The van der Waals surface area contributed by atoms with Gasteiger partial charge in [0.05, 0.1) is 11.4 Å². The summed E-state index contributed by atoms with van der Waals surface area (Å²) in [6, 6.07) is 10.4. The van der Waals surface area contributed by atoms with Crippen LogP contribution in [0.3, 0.4) is 0 Å². The van der Waals surface area contributed by atoms with E-state index in [1.165, 1.54) is 30.7 Å². The normalized spacial score (nSPS) is 20.1. The lowest BCUT2D eigenvalue weighted by Gasteiger charge is -2.29. The van der Waals surface area contributed by atoms with Crippen molar-refractivity contribution in [2.45, 2.75) is 68.0 Å². The van der Waals surface area contributed by atoms with Crippen LogP contribution in [0, 0.1) is 0 Å². The predicted molar refractivity (Wildman–Crippen MR) is 136 cm³/mol. The highest BCUT2D eigenvalue weighted by atomic mass is 32.2. The lowest BCUT2D eigenvalue weighted by molar-refractivity contribution is 0.0924. The molecular weight excluding hydrogens is 478 g/mol. The van der Waals surface area contributed by atoms with Crippen molar-refractivity contribution >= 4 is 27.4 Å². The third-order valence-electron chi connectivity index (χ3n) is 6.71. The Labute approximate surface area is 210 Å². The molecule has 0 bridgehead atoms. The van der Waals surface area contributed by atoms with E-state index in [-0.39, 0.29) is 16.8 Å². The van der Waals surface area contributed by atoms with Crippen LogP contribution in [-0.2, 0) is 16.4 Å². The van der Waals surface area contributed by atoms with E-state index in [4.69, 9.17) is 0 Å². The van der Waals surface area contributed by atoms with Gasteiger partial charge in [0.25, 0.3) is 5.91 Å². The maximum absolute atomic E-state index is 12.6. The number of aromatic amines is 1.